The predicted octanol–water partition coefficient (Wildman–Crippen LogP) is 2.60. The van der Waals surface area contributed by atoms with E-state index in [2.05, 4.69) is 12.2 Å². The molecule has 2 rings (SSSR count). The fourth-order valence-corrected chi connectivity index (χ4v) is 3.83. The smallest absolute Gasteiger partial charge is 0.224 e. The monoisotopic (exact) mass is 278 g/mol. The van der Waals surface area contributed by atoms with Crippen LogP contribution in [0.15, 0.2) is 24.3 Å². The first kappa shape index (κ1) is 14.3. The first-order valence-electron chi connectivity index (χ1n) is 6.95. The summed E-state index contributed by atoms with van der Waals surface area (Å²) in [5, 5.41) is 3.76. The first-order chi connectivity index (χ1) is 9.20. The maximum absolute atomic E-state index is 12.1. The third-order valence-electron chi connectivity index (χ3n) is 3.59. The molecule has 1 saturated carbocycles. The van der Waals surface area contributed by atoms with Crippen molar-refractivity contribution in [2.24, 2.45) is 0 Å². The van der Waals surface area contributed by atoms with Crippen LogP contribution < -0.4 is 11.1 Å². The molecule has 3 N–H and O–H groups in total. The predicted molar refractivity (Wildman–Crippen MR) is 82.3 cm³/mol. The van der Waals surface area contributed by atoms with Gasteiger partial charge in [0.2, 0.25) is 5.91 Å². The van der Waals surface area contributed by atoms with E-state index in [1.807, 2.05) is 36.0 Å². The maximum atomic E-state index is 12.1. The third kappa shape index (κ3) is 3.90. The van der Waals surface area contributed by atoms with Gasteiger partial charge in [-0.05, 0) is 30.2 Å². The van der Waals surface area contributed by atoms with Gasteiger partial charge in [-0.25, -0.2) is 0 Å². The van der Waals surface area contributed by atoms with Crippen LogP contribution >= 0.6 is 11.8 Å². The van der Waals surface area contributed by atoms with E-state index in [0.29, 0.717) is 23.4 Å². The summed E-state index contributed by atoms with van der Waals surface area (Å²) in [6.07, 6.45) is 3.92. The highest BCUT2D eigenvalue weighted by Crippen LogP contribution is 2.29. The molecule has 1 aliphatic rings. The number of anilines is 1. The van der Waals surface area contributed by atoms with Gasteiger partial charge < -0.3 is 11.1 Å². The van der Waals surface area contributed by atoms with Gasteiger partial charge in [0.25, 0.3) is 0 Å². The minimum Gasteiger partial charge on any atom is -0.398 e. The average Bonchev–Trinajstić information content (AvgIpc) is 2.80. The summed E-state index contributed by atoms with van der Waals surface area (Å²) >= 11 is 1.96. The number of benzene rings is 1. The van der Waals surface area contributed by atoms with E-state index in [1.165, 1.54) is 12.8 Å². The summed E-state index contributed by atoms with van der Waals surface area (Å²) in [5.41, 5.74) is 7.48. The normalized spacial score (nSPS) is 22.4. The van der Waals surface area contributed by atoms with Gasteiger partial charge in [0.05, 0.1) is 6.42 Å². The standard InChI is InChI=1S/C15H22N2OS/c1-2-19-14-9-5-8-13(14)17-15(18)10-11-6-3-4-7-12(11)16/h3-4,6-7,13-14H,2,5,8-10,16H2,1H3,(H,17,18). The number of nitrogens with two attached hydrogens (primary N) is 1. The fourth-order valence-electron chi connectivity index (χ4n) is 2.63. The van der Waals surface area contributed by atoms with Gasteiger partial charge in [0, 0.05) is 17.0 Å². The van der Waals surface area contributed by atoms with Crippen molar-refractivity contribution in [1.29, 1.82) is 0 Å². The second kappa shape index (κ2) is 6.85. The van der Waals surface area contributed by atoms with Crippen molar-refractivity contribution in [3.63, 3.8) is 0 Å². The van der Waals surface area contributed by atoms with Crippen molar-refractivity contribution in [2.75, 3.05) is 11.5 Å². The van der Waals surface area contributed by atoms with Crippen molar-refractivity contribution in [3.05, 3.63) is 29.8 Å². The summed E-state index contributed by atoms with van der Waals surface area (Å²) in [6.45, 7) is 2.17. The zero-order valence-electron chi connectivity index (χ0n) is 11.4. The van der Waals surface area contributed by atoms with Gasteiger partial charge in [-0.3, -0.25) is 4.79 Å². The SMILES string of the molecule is CCSC1CCCC1NC(=O)Cc1ccccc1N. The van der Waals surface area contributed by atoms with Crippen molar-refractivity contribution in [1.82, 2.24) is 5.32 Å². The Bertz CT molecular complexity index is 436. The Morgan fingerprint density at radius 2 is 2.21 bits per heavy atom. The minimum atomic E-state index is 0.0894. The summed E-state index contributed by atoms with van der Waals surface area (Å²) < 4.78 is 0. The molecule has 2 unspecified atom stereocenters. The third-order valence-corrected chi connectivity index (χ3v) is 4.91. The summed E-state index contributed by atoms with van der Waals surface area (Å²) in [6, 6.07) is 7.91. The number of rotatable bonds is 5. The molecule has 0 saturated heterocycles. The molecule has 0 heterocycles. The molecule has 0 aromatic heterocycles. The number of amides is 1. The molecule has 1 amide bonds. The molecule has 0 spiro atoms. The number of hydrogen-bond acceptors (Lipinski definition) is 3. The number of carbonyl (C=O) groups is 1. The number of carbonyl (C=O) groups excluding carboxylic acids is 1. The Kier molecular flexibility index (Phi) is 5.14. The maximum Gasteiger partial charge on any atom is 0.224 e. The quantitative estimate of drug-likeness (QED) is 0.814. The Hall–Kier alpha value is -1.16. The lowest BCUT2D eigenvalue weighted by atomic mass is 10.1. The largest absolute Gasteiger partial charge is 0.398 e. The summed E-state index contributed by atoms with van der Waals surface area (Å²) in [5.74, 6) is 1.20. The van der Waals surface area contributed by atoms with E-state index in [9.17, 15) is 4.79 Å². The lowest BCUT2D eigenvalue weighted by Gasteiger charge is -2.20. The Balaban J connectivity index is 1.89. The first-order valence-corrected chi connectivity index (χ1v) is 8.00. The molecule has 1 aromatic rings. The number of hydrogen-bond donors (Lipinski definition) is 2. The van der Waals surface area contributed by atoms with Crippen molar-refractivity contribution >= 4 is 23.4 Å². The molecule has 0 bridgehead atoms. The van der Waals surface area contributed by atoms with Crippen LogP contribution in [-0.4, -0.2) is 23.0 Å². The van der Waals surface area contributed by atoms with Gasteiger partial charge in [-0.15, -0.1) is 0 Å². The highest BCUT2D eigenvalue weighted by Gasteiger charge is 2.28. The molecule has 104 valence electrons. The highest BCUT2D eigenvalue weighted by atomic mass is 32.2. The van der Waals surface area contributed by atoms with Crippen LogP contribution in [0.5, 0.6) is 0 Å². The van der Waals surface area contributed by atoms with E-state index in [-0.39, 0.29) is 5.91 Å². The summed E-state index contributed by atoms with van der Waals surface area (Å²) in [7, 11) is 0. The van der Waals surface area contributed by atoms with Gasteiger partial charge in [-0.2, -0.15) is 11.8 Å². The molecule has 4 heteroatoms. The van der Waals surface area contributed by atoms with Crippen LogP contribution in [0.4, 0.5) is 5.69 Å². The van der Waals surface area contributed by atoms with Crippen LogP contribution in [0, 0.1) is 0 Å². The highest BCUT2D eigenvalue weighted by molar-refractivity contribution is 7.99. The number of para-hydroxylation sites is 1. The lowest BCUT2D eigenvalue weighted by Crippen LogP contribution is -2.39. The lowest BCUT2D eigenvalue weighted by molar-refractivity contribution is -0.121. The molecule has 0 aliphatic heterocycles. The molecule has 1 aliphatic carbocycles. The minimum absolute atomic E-state index is 0.0894. The van der Waals surface area contributed by atoms with Crippen molar-refractivity contribution in [3.8, 4) is 0 Å². The van der Waals surface area contributed by atoms with E-state index in [0.717, 1.165) is 17.7 Å². The number of nitrogens with one attached hydrogen (secondary N) is 1. The Labute approximate surface area is 119 Å². The molecule has 3 nitrogen and oxygen atoms in total. The molecular weight excluding hydrogens is 256 g/mol. The van der Waals surface area contributed by atoms with E-state index < -0.39 is 0 Å². The van der Waals surface area contributed by atoms with Crippen LogP contribution in [-0.2, 0) is 11.2 Å². The van der Waals surface area contributed by atoms with Crippen LogP contribution in [0.3, 0.4) is 0 Å². The van der Waals surface area contributed by atoms with Gasteiger partial charge in [0.1, 0.15) is 0 Å². The second-order valence-electron chi connectivity index (χ2n) is 4.97. The topological polar surface area (TPSA) is 55.1 Å². The van der Waals surface area contributed by atoms with Crippen LogP contribution in [0.25, 0.3) is 0 Å². The van der Waals surface area contributed by atoms with Crippen molar-refractivity contribution in [2.45, 2.75) is 43.9 Å². The van der Waals surface area contributed by atoms with E-state index in [4.69, 9.17) is 5.73 Å². The zero-order chi connectivity index (χ0) is 13.7. The van der Waals surface area contributed by atoms with Gasteiger partial charge in [0.15, 0.2) is 0 Å². The van der Waals surface area contributed by atoms with Gasteiger partial charge >= 0.3 is 0 Å². The van der Waals surface area contributed by atoms with E-state index in [1.54, 1.807) is 0 Å². The van der Waals surface area contributed by atoms with Gasteiger partial charge in [-0.1, -0.05) is 31.5 Å². The molecule has 2 atom stereocenters. The fraction of sp³-hybridized carbons (Fsp3) is 0.533. The molecule has 1 aromatic carbocycles. The van der Waals surface area contributed by atoms with E-state index >= 15 is 0 Å². The molecular formula is C15H22N2OS. The Morgan fingerprint density at radius 3 is 2.95 bits per heavy atom. The molecule has 0 radical (unpaired) electrons. The number of nitrogen functional groups attached to an aromatic ring is 1. The number of thioether (sulfide) groups is 1. The van der Waals surface area contributed by atoms with Crippen LogP contribution in [0.2, 0.25) is 0 Å². The van der Waals surface area contributed by atoms with Crippen molar-refractivity contribution < 1.29 is 4.79 Å². The zero-order valence-corrected chi connectivity index (χ0v) is 12.2. The average molecular weight is 278 g/mol. The second-order valence-corrected chi connectivity index (χ2v) is 6.49. The molecule has 1 fully saturated rings. The Morgan fingerprint density at radius 1 is 1.42 bits per heavy atom. The molecule has 19 heavy (non-hydrogen) atoms. The van der Waals surface area contributed by atoms with Crippen LogP contribution in [0.1, 0.15) is 31.7 Å². The summed E-state index contributed by atoms with van der Waals surface area (Å²) in [4.78, 5) is 12.1.